The normalized spacial score (nSPS) is 26.4. The van der Waals surface area contributed by atoms with Crippen molar-refractivity contribution in [1.29, 1.82) is 0 Å². The monoisotopic (exact) mass is 931 g/mol. The quantitative estimate of drug-likeness (QED) is 0.106. The van der Waals surface area contributed by atoms with Gasteiger partial charge in [0.05, 0.1) is 32.3 Å². The number of fused-ring (bicyclic) bond motifs is 1. The van der Waals surface area contributed by atoms with E-state index < -0.39 is 114 Å². The predicted molar refractivity (Wildman–Crippen MR) is 214 cm³/mol. The number of carbonyl (C=O) groups excluding carboxylic acids is 6. The molecule has 0 aliphatic carbocycles. The summed E-state index contributed by atoms with van der Waals surface area (Å²) in [6.45, 7) is 0.207. The van der Waals surface area contributed by atoms with E-state index in [1.54, 1.807) is 12.1 Å². The van der Waals surface area contributed by atoms with Gasteiger partial charge in [-0.1, -0.05) is 89.4 Å². The van der Waals surface area contributed by atoms with Gasteiger partial charge in [0.15, 0.2) is 37.0 Å². The van der Waals surface area contributed by atoms with E-state index in [0.717, 1.165) is 17.9 Å². The van der Waals surface area contributed by atoms with Crippen LogP contribution in [0.15, 0.2) is 72.8 Å². The molecule has 10 atom stereocenters. The number of nitrogens with one attached hydrogen (secondary N) is 1. The SMILES string of the molecule is COC(=O)[C@H]1O[C@@H](O[C@H]2[C@H](O)[C@@H](CO)O[C@@H](OCc3ccc4ccccc4c3)[C@@H]2NC(=O)C(Cl)(Cl)Cl)[C@H](OC(=O)c2ccccc2)[C@@H](OC(=O)CCl)[C@@H]1OC(=O)CCC(C)=O. The molecule has 2 fully saturated rings. The lowest BCUT2D eigenvalue weighted by Gasteiger charge is -2.48. The van der Waals surface area contributed by atoms with Crippen LogP contribution in [-0.4, -0.2) is 131 Å². The molecule has 0 aromatic heterocycles. The first kappa shape index (κ1) is 47.9. The summed E-state index contributed by atoms with van der Waals surface area (Å²) in [4.78, 5) is 78.1. The summed E-state index contributed by atoms with van der Waals surface area (Å²) in [5.41, 5.74) is 0.602. The molecule has 0 unspecified atom stereocenters. The van der Waals surface area contributed by atoms with E-state index in [2.05, 4.69) is 5.32 Å². The van der Waals surface area contributed by atoms with E-state index in [-0.39, 0.29) is 24.4 Å². The van der Waals surface area contributed by atoms with Crippen LogP contribution in [0, 0.1) is 0 Å². The lowest BCUT2D eigenvalue weighted by atomic mass is 9.94. The standard InChI is InChI=1S/C40H41Cl4NO16/c1-20(47)12-15-26(48)57-31-32(58-27(49)17-41)34(59-35(51)23-9-4-3-5-10-23)38(61-33(31)36(52)54-2)60-30-28(45-39(53)40(42,43)44)37(56-25(18-46)29(30)50)55-19-21-13-14-22-8-6-7-11-24(22)16-21/h3-11,13-14,16,25,28-34,37-38,46,50H,12,15,17-19H2,1-2H3,(H,45,53)/t25-,28-,29-,30-,31+,32+,33+,34-,37-,38-/m1/s1. The Bertz CT molecular complexity index is 2040. The van der Waals surface area contributed by atoms with Gasteiger partial charge in [0.25, 0.3) is 9.70 Å². The molecule has 21 heteroatoms. The molecular weight excluding hydrogens is 892 g/mol. The average Bonchev–Trinajstić information content (AvgIpc) is 3.24. The molecule has 2 aliphatic rings. The molecular formula is C40H41Cl4NO16. The highest BCUT2D eigenvalue weighted by Crippen LogP contribution is 2.36. The highest BCUT2D eigenvalue weighted by atomic mass is 35.6. The van der Waals surface area contributed by atoms with Gasteiger partial charge in [-0.2, -0.15) is 0 Å². The maximum Gasteiger partial charge on any atom is 0.339 e. The number of methoxy groups -OCH3 is 1. The van der Waals surface area contributed by atoms with Crippen LogP contribution in [-0.2, 0) is 68.5 Å². The van der Waals surface area contributed by atoms with E-state index in [0.29, 0.717) is 5.56 Å². The summed E-state index contributed by atoms with van der Waals surface area (Å²) in [5, 5.41) is 26.3. The Morgan fingerprint density at radius 1 is 0.787 bits per heavy atom. The molecule has 3 N–H and O–H groups in total. The van der Waals surface area contributed by atoms with Gasteiger partial charge in [0, 0.05) is 6.42 Å². The summed E-state index contributed by atoms with van der Waals surface area (Å²) in [6, 6.07) is 18.7. The number of carbonyl (C=O) groups is 6. The zero-order chi connectivity index (χ0) is 44.4. The number of aliphatic hydroxyl groups excluding tert-OH is 2. The molecule has 0 radical (unpaired) electrons. The molecule has 330 valence electrons. The fraction of sp³-hybridized carbons (Fsp3) is 0.450. The smallest absolute Gasteiger partial charge is 0.339 e. The van der Waals surface area contributed by atoms with E-state index in [4.69, 9.17) is 84.3 Å². The number of Topliss-reactive ketones (excluding diaryl/α,β-unsaturated/α-hetero) is 1. The van der Waals surface area contributed by atoms with Crippen LogP contribution in [0.3, 0.4) is 0 Å². The molecule has 3 aromatic carbocycles. The number of hydrogen-bond donors (Lipinski definition) is 3. The minimum atomic E-state index is -2.60. The topological polar surface area (TPSA) is 229 Å². The number of ketones is 1. The molecule has 2 aliphatic heterocycles. The maximum atomic E-state index is 13.7. The van der Waals surface area contributed by atoms with Gasteiger partial charge in [0.2, 0.25) is 0 Å². The summed E-state index contributed by atoms with van der Waals surface area (Å²) in [7, 11) is 0.964. The minimum Gasteiger partial charge on any atom is -0.467 e. The van der Waals surface area contributed by atoms with Gasteiger partial charge in [-0.15, -0.1) is 11.6 Å². The predicted octanol–water partition coefficient (Wildman–Crippen LogP) is 3.23. The Hall–Kier alpha value is -4.14. The van der Waals surface area contributed by atoms with Gasteiger partial charge in [-0.25, -0.2) is 9.59 Å². The summed E-state index contributed by atoms with van der Waals surface area (Å²) in [6.07, 6.45) is -17.6. The third-order valence-corrected chi connectivity index (χ3v) is 10.2. The van der Waals surface area contributed by atoms with Crippen molar-refractivity contribution in [2.75, 3.05) is 19.6 Å². The van der Waals surface area contributed by atoms with Crippen LogP contribution in [0.1, 0.15) is 35.7 Å². The summed E-state index contributed by atoms with van der Waals surface area (Å²) < 4.78 is 43.7. The van der Waals surface area contributed by atoms with Gasteiger partial charge in [-0.3, -0.25) is 14.4 Å². The number of esters is 4. The first-order chi connectivity index (χ1) is 29.0. The number of alkyl halides is 4. The Morgan fingerprint density at radius 2 is 1.46 bits per heavy atom. The fourth-order valence-corrected chi connectivity index (χ4v) is 6.70. The summed E-state index contributed by atoms with van der Waals surface area (Å²) in [5.74, 6) is -6.88. The van der Waals surface area contributed by atoms with Crippen molar-refractivity contribution >= 4 is 92.7 Å². The second-order valence-corrected chi connectivity index (χ2v) is 16.3. The van der Waals surface area contributed by atoms with Crippen molar-refractivity contribution in [2.45, 2.75) is 91.5 Å². The number of halogens is 4. The molecule has 0 spiro atoms. The van der Waals surface area contributed by atoms with Crippen molar-refractivity contribution in [1.82, 2.24) is 5.32 Å². The summed E-state index contributed by atoms with van der Waals surface area (Å²) >= 11 is 23.6. The number of rotatable bonds is 16. The first-order valence-electron chi connectivity index (χ1n) is 18.5. The van der Waals surface area contributed by atoms with Crippen LogP contribution < -0.4 is 5.32 Å². The Kier molecular flexibility index (Phi) is 17.1. The molecule has 0 saturated carbocycles. The Labute approximate surface area is 368 Å². The fourth-order valence-electron chi connectivity index (χ4n) is 6.47. The van der Waals surface area contributed by atoms with Gasteiger partial charge < -0.3 is 58.2 Å². The highest BCUT2D eigenvalue weighted by Gasteiger charge is 2.58. The number of hydrogen-bond acceptors (Lipinski definition) is 16. The molecule has 61 heavy (non-hydrogen) atoms. The number of benzene rings is 3. The van der Waals surface area contributed by atoms with Crippen LogP contribution in [0.4, 0.5) is 0 Å². The number of ether oxygens (including phenoxy) is 8. The van der Waals surface area contributed by atoms with Crippen LogP contribution >= 0.6 is 46.4 Å². The van der Waals surface area contributed by atoms with Crippen molar-refractivity contribution < 1.29 is 76.9 Å². The third-order valence-electron chi connectivity index (χ3n) is 9.43. The number of amides is 1. The highest BCUT2D eigenvalue weighted by molar-refractivity contribution is 6.76. The Balaban J connectivity index is 1.59. The lowest BCUT2D eigenvalue weighted by molar-refractivity contribution is -0.341. The molecule has 2 heterocycles. The zero-order valence-electron chi connectivity index (χ0n) is 32.4. The van der Waals surface area contributed by atoms with Crippen molar-refractivity contribution in [3.8, 4) is 0 Å². The van der Waals surface area contributed by atoms with Crippen LogP contribution in [0.25, 0.3) is 10.8 Å². The minimum absolute atomic E-state index is 0.0322. The number of aliphatic hydroxyl groups is 2. The van der Waals surface area contributed by atoms with Crippen molar-refractivity contribution in [2.24, 2.45) is 0 Å². The Morgan fingerprint density at radius 3 is 2.10 bits per heavy atom. The van der Waals surface area contributed by atoms with Gasteiger partial charge >= 0.3 is 23.9 Å². The molecule has 17 nitrogen and oxygen atoms in total. The molecule has 1 amide bonds. The molecule has 2 saturated heterocycles. The zero-order valence-corrected chi connectivity index (χ0v) is 35.4. The van der Waals surface area contributed by atoms with Crippen LogP contribution in [0.5, 0.6) is 0 Å². The van der Waals surface area contributed by atoms with Crippen molar-refractivity contribution in [3.63, 3.8) is 0 Å². The second-order valence-electron chi connectivity index (χ2n) is 13.7. The van der Waals surface area contributed by atoms with Crippen LogP contribution in [0.2, 0.25) is 0 Å². The average molecular weight is 934 g/mol. The van der Waals surface area contributed by atoms with E-state index in [1.807, 2.05) is 36.4 Å². The third kappa shape index (κ3) is 12.5. The largest absolute Gasteiger partial charge is 0.467 e. The molecule has 0 bridgehead atoms. The molecule has 5 rings (SSSR count). The lowest BCUT2D eigenvalue weighted by Crippen LogP contribution is -2.69. The maximum absolute atomic E-state index is 13.7. The van der Waals surface area contributed by atoms with Gasteiger partial charge in [0.1, 0.15) is 36.0 Å². The van der Waals surface area contributed by atoms with Crippen molar-refractivity contribution in [3.05, 3.63) is 83.9 Å². The first-order valence-corrected chi connectivity index (χ1v) is 20.2. The molecule has 3 aromatic rings. The second kappa shape index (κ2) is 21.8. The van der Waals surface area contributed by atoms with Gasteiger partial charge in [-0.05, 0) is 41.5 Å². The van der Waals surface area contributed by atoms with E-state index in [1.165, 1.54) is 31.2 Å². The van der Waals surface area contributed by atoms with E-state index in [9.17, 15) is 39.0 Å². The van der Waals surface area contributed by atoms with E-state index >= 15 is 0 Å².